The third kappa shape index (κ3) is 5.98. The van der Waals surface area contributed by atoms with E-state index in [1.54, 1.807) is 4.90 Å². The second-order valence-electron chi connectivity index (χ2n) is 7.07. The van der Waals surface area contributed by atoms with E-state index in [9.17, 15) is 14.4 Å². The third-order valence-electron chi connectivity index (χ3n) is 5.17. The minimum absolute atomic E-state index is 0.0318. The van der Waals surface area contributed by atoms with Crippen molar-refractivity contribution in [2.24, 2.45) is 17.6 Å². The molecule has 7 nitrogen and oxygen atoms in total. The number of primary amides is 1. The molecule has 2 rings (SSSR count). The molecule has 7 heteroatoms. The molecule has 0 unspecified atom stereocenters. The van der Waals surface area contributed by atoms with Crippen LogP contribution in [0.5, 0.6) is 0 Å². The molecule has 1 fully saturated rings. The first-order chi connectivity index (χ1) is 12.9. The van der Waals surface area contributed by atoms with Gasteiger partial charge in [-0.15, -0.1) is 0 Å². The Kier molecular flexibility index (Phi) is 7.64. The fourth-order valence-corrected chi connectivity index (χ4v) is 3.16. The summed E-state index contributed by atoms with van der Waals surface area (Å²) in [5, 5.41) is 2.73. The summed E-state index contributed by atoms with van der Waals surface area (Å²) in [6.07, 6.45) is 1.26. The van der Waals surface area contributed by atoms with Crippen LogP contribution in [0.4, 0.5) is 4.79 Å². The second-order valence-corrected chi connectivity index (χ2v) is 7.07. The molecule has 148 valence electrons. The number of likely N-dealkylation sites (tertiary alicyclic amines) is 1. The number of alkyl carbamates (subject to hydrolysis) is 1. The standard InChI is InChI=1S/C20H29N3O4/c1-3-14(2)17(19(25)23-11-9-16(10-12-23)18(21)24)22-20(26)27-13-15-7-5-4-6-8-15/h4-8,14,16-17H,3,9-13H2,1-2H3,(H2,21,24)(H,22,26)/t14-,17+/m1/s1. The molecule has 0 bridgehead atoms. The fourth-order valence-electron chi connectivity index (χ4n) is 3.16. The molecular weight excluding hydrogens is 346 g/mol. The van der Waals surface area contributed by atoms with Crippen LogP contribution in [0.1, 0.15) is 38.7 Å². The van der Waals surface area contributed by atoms with Gasteiger partial charge in [-0.2, -0.15) is 0 Å². The summed E-state index contributed by atoms with van der Waals surface area (Å²) in [6.45, 7) is 5.00. The highest BCUT2D eigenvalue weighted by Gasteiger charge is 2.33. The lowest BCUT2D eigenvalue weighted by molar-refractivity contribution is -0.137. The van der Waals surface area contributed by atoms with E-state index in [1.165, 1.54) is 0 Å². The highest BCUT2D eigenvalue weighted by molar-refractivity contribution is 5.86. The first kappa shape index (κ1) is 20.7. The van der Waals surface area contributed by atoms with Gasteiger partial charge >= 0.3 is 6.09 Å². The van der Waals surface area contributed by atoms with Crippen molar-refractivity contribution in [1.82, 2.24) is 10.2 Å². The molecule has 1 heterocycles. The van der Waals surface area contributed by atoms with Gasteiger partial charge in [0.15, 0.2) is 0 Å². The molecule has 1 aliphatic heterocycles. The zero-order valence-corrected chi connectivity index (χ0v) is 16.0. The third-order valence-corrected chi connectivity index (χ3v) is 5.17. The van der Waals surface area contributed by atoms with Gasteiger partial charge in [-0.05, 0) is 24.3 Å². The van der Waals surface area contributed by atoms with Crippen LogP contribution in [0, 0.1) is 11.8 Å². The number of nitrogens with two attached hydrogens (primary N) is 1. The van der Waals surface area contributed by atoms with Gasteiger partial charge in [-0.3, -0.25) is 9.59 Å². The van der Waals surface area contributed by atoms with Crippen LogP contribution in [0.2, 0.25) is 0 Å². The van der Waals surface area contributed by atoms with Crippen molar-refractivity contribution in [3.05, 3.63) is 35.9 Å². The van der Waals surface area contributed by atoms with Crippen LogP contribution in [0.25, 0.3) is 0 Å². The molecule has 3 N–H and O–H groups in total. The first-order valence-electron chi connectivity index (χ1n) is 9.47. The molecular formula is C20H29N3O4. The van der Waals surface area contributed by atoms with Crippen LogP contribution in [0.15, 0.2) is 30.3 Å². The minimum Gasteiger partial charge on any atom is -0.445 e. The maximum absolute atomic E-state index is 12.9. The first-order valence-corrected chi connectivity index (χ1v) is 9.47. The number of carbonyl (C=O) groups excluding carboxylic acids is 3. The van der Waals surface area contributed by atoms with Crippen LogP contribution < -0.4 is 11.1 Å². The number of nitrogens with one attached hydrogen (secondary N) is 1. The Morgan fingerprint density at radius 1 is 1.22 bits per heavy atom. The van der Waals surface area contributed by atoms with Crippen molar-refractivity contribution < 1.29 is 19.1 Å². The van der Waals surface area contributed by atoms with Crippen molar-refractivity contribution in [1.29, 1.82) is 0 Å². The van der Waals surface area contributed by atoms with Crippen molar-refractivity contribution >= 4 is 17.9 Å². The van der Waals surface area contributed by atoms with E-state index in [4.69, 9.17) is 10.5 Å². The fraction of sp³-hybridized carbons (Fsp3) is 0.550. The number of rotatable bonds is 7. The number of ether oxygens (including phenoxy) is 1. The lowest BCUT2D eigenvalue weighted by Gasteiger charge is -2.34. The van der Waals surface area contributed by atoms with Gasteiger partial charge in [-0.25, -0.2) is 4.79 Å². The second kappa shape index (κ2) is 9.94. The summed E-state index contributed by atoms with van der Waals surface area (Å²) in [6, 6.07) is 8.72. The highest BCUT2D eigenvalue weighted by atomic mass is 16.5. The van der Waals surface area contributed by atoms with Crippen molar-refractivity contribution in [2.45, 2.75) is 45.8 Å². The molecule has 0 aliphatic carbocycles. The largest absolute Gasteiger partial charge is 0.445 e. The summed E-state index contributed by atoms with van der Waals surface area (Å²) >= 11 is 0. The molecule has 1 aliphatic rings. The Bertz CT molecular complexity index is 642. The van der Waals surface area contributed by atoms with Gasteiger partial charge < -0.3 is 20.7 Å². The maximum Gasteiger partial charge on any atom is 0.408 e. The Morgan fingerprint density at radius 2 is 1.85 bits per heavy atom. The molecule has 27 heavy (non-hydrogen) atoms. The van der Waals surface area contributed by atoms with Crippen LogP contribution in [0.3, 0.4) is 0 Å². The summed E-state index contributed by atoms with van der Waals surface area (Å²) in [7, 11) is 0. The molecule has 0 radical (unpaired) electrons. The lowest BCUT2D eigenvalue weighted by atomic mass is 9.93. The van der Waals surface area contributed by atoms with E-state index in [-0.39, 0.29) is 30.3 Å². The van der Waals surface area contributed by atoms with E-state index in [1.807, 2.05) is 44.2 Å². The Hall–Kier alpha value is -2.57. The van der Waals surface area contributed by atoms with Crippen molar-refractivity contribution in [2.75, 3.05) is 13.1 Å². The quantitative estimate of drug-likeness (QED) is 0.761. The predicted octanol–water partition coefficient (Wildman–Crippen LogP) is 2.05. The number of piperidine rings is 1. The molecule has 0 saturated carbocycles. The molecule has 1 aromatic carbocycles. The molecule has 1 aromatic rings. The number of nitrogens with zero attached hydrogens (tertiary/aromatic N) is 1. The predicted molar refractivity (Wildman–Crippen MR) is 102 cm³/mol. The average Bonchev–Trinajstić information content (AvgIpc) is 2.70. The van der Waals surface area contributed by atoms with E-state index in [0.29, 0.717) is 25.9 Å². The van der Waals surface area contributed by atoms with E-state index >= 15 is 0 Å². The van der Waals surface area contributed by atoms with Gasteiger partial charge in [-0.1, -0.05) is 50.6 Å². The van der Waals surface area contributed by atoms with Crippen LogP contribution in [-0.4, -0.2) is 41.9 Å². The van der Waals surface area contributed by atoms with Crippen LogP contribution >= 0.6 is 0 Å². The highest BCUT2D eigenvalue weighted by Crippen LogP contribution is 2.19. The number of benzene rings is 1. The molecule has 2 atom stereocenters. The molecule has 3 amide bonds. The topological polar surface area (TPSA) is 102 Å². The smallest absolute Gasteiger partial charge is 0.408 e. The lowest BCUT2D eigenvalue weighted by Crippen LogP contribution is -2.54. The van der Waals surface area contributed by atoms with Gasteiger partial charge in [0.05, 0.1) is 0 Å². The van der Waals surface area contributed by atoms with Gasteiger partial charge in [0, 0.05) is 19.0 Å². The van der Waals surface area contributed by atoms with E-state index in [2.05, 4.69) is 5.32 Å². The maximum atomic E-state index is 12.9. The number of carbonyl (C=O) groups is 3. The summed E-state index contributed by atoms with van der Waals surface area (Å²) in [5.41, 5.74) is 6.23. The van der Waals surface area contributed by atoms with Gasteiger partial charge in [0.2, 0.25) is 11.8 Å². The van der Waals surface area contributed by atoms with E-state index in [0.717, 1.165) is 12.0 Å². The summed E-state index contributed by atoms with van der Waals surface area (Å²) < 4.78 is 5.26. The monoisotopic (exact) mass is 375 g/mol. The Balaban J connectivity index is 1.93. The van der Waals surface area contributed by atoms with Gasteiger partial charge in [0.25, 0.3) is 0 Å². The average molecular weight is 375 g/mol. The summed E-state index contributed by atoms with van der Waals surface area (Å²) in [5.74, 6) is -0.664. The Labute approximate surface area is 160 Å². The zero-order chi connectivity index (χ0) is 19.8. The normalized spacial score (nSPS) is 17.0. The number of amides is 3. The van der Waals surface area contributed by atoms with Gasteiger partial charge in [0.1, 0.15) is 12.6 Å². The number of hydrogen-bond acceptors (Lipinski definition) is 4. The van der Waals surface area contributed by atoms with Crippen LogP contribution in [-0.2, 0) is 20.9 Å². The Morgan fingerprint density at radius 3 is 2.41 bits per heavy atom. The van der Waals surface area contributed by atoms with Crippen molar-refractivity contribution in [3.8, 4) is 0 Å². The number of hydrogen-bond donors (Lipinski definition) is 2. The van der Waals surface area contributed by atoms with E-state index < -0.39 is 12.1 Å². The minimum atomic E-state index is -0.650. The molecule has 1 saturated heterocycles. The molecule has 0 spiro atoms. The SMILES string of the molecule is CC[C@@H](C)[C@H](NC(=O)OCc1ccccc1)C(=O)N1CCC(C(N)=O)CC1. The zero-order valence-electron chi connectivity index (χ0n) is 16.0. The molecule has 0 aromatic heterocycles. The van der Waals surface area contributed by atoms with Crippen molar-refractivity contribution in [3.63, 3.8) is 0 Å². The summed E-state index contributed by atoms with van der Waals surface area (Å²) in [4.78, 5) is 38.1.